The number of piperidine rings is 1. The molecule has 1 aliphatic rings. The molecular weight excluding hydrogens is 212 g/mol. The number of benzene rings is 1. The molecule has 94 valence electrons. The predicted octanol–water partition coefficient (Wildman–Crippen LogP) is 2.44. The first-order chi connectivity index (χ1) is 8.25. The molecule has 1 aliphatic heterocycles. The van der Waals surface area contributed by atoms with Gasteiger partial charge < -0.3 is 10.5 Å². The summed E-state index contributed by atoms with van der Waals surface area (Å²) in [6, 6.07) is 5.90. The molecule has 0 aromatic heterocycles. The Morgan fingerprint density at radius 2 is 2.00 bits per heavy atom. The Morgan fingerprint density at radius 1 is 1.24 bits per heavy atom. The van der Waals surface area contributed by atoms with E-state index in [0.29, 0.717) is 0 Å². The zero-order valence-electron chi connectivity index (χ0n) is 10.6. The lowest BCUT2D eigenvalue weighted by atomic mass is 10.1. The summed E-state index contributed by atoms with van der Waals surface area (Å²) in [6.45, 7) is 6.22. The summed E-state index contributed by atoms with van der Waals surface area (Å²) < 4.78 is 5.72. The second-order valence-electron chi connectivity index (χ2n) is 4.77. The largest absolute Gasteiger partial charge is 0.492 e. The van der Waals surface area contributed by atoms with Crippen LogP contribution in [0.3, 0.4) is 0 Å². The third-order valence-corrected chi connectivity index (χ3v) is 3.38. The summed E-state index contributed by atoms with van der Waals surface area (Å²) in [6.07, 6.45) is 4.04. The zero-order valence-corrected chi connectivity index (χ0v) is 10.6. The van der Waals surface area contributed by atoms with Crippen LogP contribution < -0.4 is 10.5 Å². The number of aryl methyl sites for hydroxylation is 1. The van der Waals surface area contributed by atoms with E-state index in [1.807, 2.05) is 25.1 Å². The van der Waals surface area contributed by atoms with E-state index >= 15 is 0 Å². The van der Waals surface area contributed by atoms with E-state index in [-0.39, 0.29) is 0 Å². The molecule has 0 unspecified atom stereocenters. The molecule has 0 saturated carbocycles. The Bertz CT molecular complexity index is 359. The molecular formula is C14H22N2O. The van der Waals surface area contributed by atoms with E-state index in [9.17, 15) is 0 Å². The fourth-order valence-corrected chi connectivity index (χ4v) is 2.18. The third kappa shape index (κ3) is 3.63. The lowest BCUT2D eigenvalue weighted by molar-refractivity contribution is 0.183. The summed E-state index contributed by atoms with van der Waals surface area (Å²) in [7, 11) is 0. The van der Waals surface area contributed by atoms with E-state index in [1.165, 1.54) is 32.4 Å². The molecule has 3 heteroatoms. The molecule has 1 fully saturated rings. The maximum absolute atomic E-state index is 5.84. The molecule has 2 N–H and O–H groups in total. The standard InChI is InChI=1S/C14H22N2O/c1-12-5-6-13(11-14(12)15)17-10-9-16-7-3-2-4-8-16/h5-6,11H,2-4,7-10,15H2,1H3. The number of nitrogens with two attached hydrogens (primary N) is 1. The molecule has 0 radical (unpaired) electrons. The van der Waals surface area contributed by atoms with Crippen molar-refractivity contribution >= 4 is 5.69 Å². The van der Waals surface area contributed by atoms with Crippen molar-refractivity contribution < 1.29 is 4.74 Å². The first-order valence-corrected chi connectivity index (χ1v) is 6.47. The van der Waals surface area contributed by atoms with Crippen LogP contribution in [0.4, 0.5) is 5.69 Å². The van der Waals surface area contributed by atoms with Crippen LogP contribution in [0.1, 0.15) is 24.8 Å². The number of hydrogen-bond acceptors (Lipinski definition) is 3. The minimum atomic E-state index is 0.752. The Kier molecular flexibility index (Phi) is 4.26. The van der Waals surface area contributed by atoms with Gasteiger partial charge in [0.1, 0.15) is 12.4 Å². The number of nitrogens with zero attached hydrogens (tertiary/aromatic N) is 1. The first kappa shape index (κ1) is 12.2. The number of hydrogen-bond donors (Lipinski definition) is 1. The van der Waals surface area contributed by atoms with Crippen molar-refractivity contribution in [1.82, 2.24) is 4.90 Å². The Balaban J connectivity index is 1.75. The minimum Gasteiger partial charge on any atom is -0.492 e. The zero-order chi connectivity index (χ0) is 12.1. The van der Waals surface area contributed by atoms with Crippen molar-refractivity contribution in [3.8, 4) is 5.75 Å². The highest BCUT2D eigenvalue weighted by atomic mass is 16.5. The highest BCUT2D eigenvalue weighted by Gasteiger charge is 2.09. The molecule has 1 heterocycles. The molecule has 3 nitrogen and oxygen atoms in total. The van der Waals surface area contributed by atoms with Crippen molar-refractivity contribution in [3.63, 3.8) is 0 Å². The molecule has 0 aliphatic carbocycles. The van der Waals surface area contributed by atoms with E-state index in [4.69, 9.17) is 10.5 Å². The average molecular weight is 234 g/mol. The van der Waals surface area contributed by atoms with E-state index in [1.54, 1.807) is 0 Å². The monoisotopic (exact) mass is 234 g/mol. The summed E-state index contributed by atoms with van der Waals surface area (Å²) in [5, 5.41) is 0. The van der Waals surface area contributed by atoms with Gasteiger partial charge in [0.05, 0.1) is 0 Å². The molecule has 17 heavy (non-hydrogen) atoms. The highest BCUT2D eigenvalue weighted by Crippen LogP contribution is 2.19. The van der Waals surface area contributed by atoms with Gasteiger partial charge in [0.2, 0.25) is 0 Å². The molecule has 0 amide bonds. The topological polar surface area (TPSA) is 38.5 Å². The van der Waals surface area contributed by atoms with Crippen molar-refractivity contribution in [2.45, 2.75) is 26.2 Å². The quantitative estimate of drug-likeness (QED) is 0.813. The van der Waals surface area contributed by atoms with Gasteiger partial charge in [0.15, 0.2) is 0 Å². The van der Waals surface area contributed by atoms with E-state index in [0.717, 1.165) is 30.2 Å². The van der Waals surface area contributed by atoms with Gasteiger partial charge in [-0.25, -0.2) is 0 Å². The van der Waals surface area contributed by atoms with E-state index < -0.39 is 0 Å². The van der Waals surface area contributed by atoms with Gasteiger partial charge in [0, 0.05) is 18.3 Å². The number of anilines is 1. The Hall–Kier alpha value is -1.22. The fourth-order valence-electron chi connectivity index (χ4n) is 2.18. The second-order valence-corrected chi connectivity index (χ2v) is 4.77. The van der Waals surface area contributed by atoms with Crippen LogP contribution in [0.5, 0.6) is 5.75 Å². The van der Waals surface area contributed by atoms with Crippen molar-refractivity contribution in [2.75, 3.05) is 32.0 Å². The normalized spacial score (nSPS) is 17.0. The minimum absolute atomic E-state index is 0.752. The average Bonchev–Trinajstić information content (AvgIpc) is 2.35. The lowest BCUT2D eigenvalue weighted by Gasteiger charge is -2.26. The predicted molar refractivity (Wildman–Crippen MR) is 71.4 cm³/mol. The Morgan fingerprint density at radius 3 is 2.71 bits per heavy atom. The molecule has 1 aromatic rings. The highest BCUT2D eigenvalue weighted by molar-refractivity contribution is 5.50. The molecule has 0 spiro atoms. The second kappa shape index (κ2) is 5.92. The fraction of sp³-hybridized carbons (Fsp3) is 0.571. The molecule has 0 bridgehead atoms. The van der Waals surface area contributed by atoms with Gasteiger partial charge in [-0.1, -0.05) is 12.5 Å². The molecule has 1 saturated heterocycles. The van der Waals surface area contributed by atoms with Crippen molar-refractivity contribution in [3.05, 3.63) is 23.8 Å². The van der Waals surface area contributed by atoms with Crippen molar-refractivity contribution in [2.24, 2.45) is 0 Å². The van der Waals surface area contributed by atoms with Gasteiger partial charge in [-0.2, -0.15) is 0 Å². The van der Waals surface area contributed by atoms with Crippen LogP contribution in [-0.4, -0.2) is 31.1 Å². The van der Waals surface area contributed by atoms with Crippen LogP contribution >= 0.6 is 0 Å². The van der Waals surface area contributed by atoms with E-state index in [2.05, 4.69) is 4.90 Å². The first-order valence-electron chi connectivity index (χ1n) is 6.47. The summed E-state index contributed by atoms with van der Waals surface area (Å²) in [5.74, 6) is 0.880. The Labute approximate surface area is 104 Å². The van der Waals surface area contributed by atoms with Gasteiger partial charge in [0.25, 0.3) is 0 Å². The van der Waals surface area contributed by atoms with Gasteiger partial charge in [-0.05, 0) is 44.5 Å². The molecule has 1 aromatic carbocycles. The lowest BCUT2D eigenvalue weighted by Crippen LogP contribution is -2.33. The van der Waals surface area contributed by atoms with Crippen LogP contribution in [0, 0.1) is 6.92 Å². The molecule has 0 atom stereocenters. The van der Waals surface area contributed by atoms with Crippen LogP contribution in [0.15, 0.2) is 18.2 Å². The summed E-state index contributed by atoms with van der Waals surface area (Å²) in [4.78, 5) is 2.47. The maximum Gasteiger partial charge on any atom is 0.121 e. The third-order valence-electron chi connectivity index (χ3n) is 3.38. The van der Waals surface area contributed by atoms with Crippen molar-refractivity contribution in [1.29, 1.82) is 0 Å². The number of ether oxygens (including phenoxy) is 1. The van der Waals surface area contributed by atoms with Crippen LogP contribution in [0.2, 0.25) is 0 Å². The number of nitrogen functional groups attached to an aromatic ring is 1. The van der Waals surface area contributed by atoms with Gasteiger partial charge in [-0.15, -0.1) is 0 Å². The van der Waals surface area contributed by atoms with Crippen LogP contribution in [0.25, 0.3) is 0 Å². The van der Waals surface area contributed by atoms with Crippen LogP contribution in [-0.2, 0) is 0 Å². The number of likely N-dealkylation sites (tertiary alicyclic amines) is 1. The van der Waals surface area contributed by atoms with Gasteiger partial charge in [-0.3, -0.25) is 4.90 Å². The SMILES string of the molecule is Cc1ccc(OCCN2CCCCC2)cc1N. The van der Waals surface area contributed by atoms with Gasteiger partial charge >= 0.3 is 0 Å². The maximum atomic E-state index is 5.84. The smallest absolute Gasteiger partial charge is 0.121 e. The summed E-state index contributed by atoms with van der Waals surface area (Å²) in [5.41, 5.74) is 7.76. The molecule has 2 rings (SSSR count). The summed E-state index contributed by atoms with van der Waals surface area (Å²) >= 11 is 0. The number of rotatable bonds is 4.